The van der Waals surface area contributed by atoms with Gasteiger partial charge in [-0.2, -0.15) is 0 Å². The van der Waals surface area contributed by atoms with Gasteiger partial charge in [-0.1, -0.05) is 30.3 Å². The number of benzene rings is 1. The molecule has 0 saturated carbocycles. The van der Waals surface area contributed by atoms with Crippen LogP contribution < -0.4 is 4.90 Å². The quantitative estimate of drug-likeness (QED) is 0.796. The van der Waals surface area contributed by atoms with Gasteiger partial charge >= 0.3 is 0 Å². The van der Waals surface area contributed by atoms with Crippen molar-refractivity contribution in [2.45, 2.75) is 12.5 Å². The molecule has 0 amide bonds. The Labute approximate surface area is 147 Å². The summed E-state index contributed by atoms with van der Waals surface area (Å²) in [4.78, 5) is 6.15. The van der Waals surface area contributed by atoms with E-state index < -0.39 is 0 Å². The van der Waals surface area contributed by atoms with Crippen LogP contribution in [0.4, 0.5) is 5.82 Å². The van der Waals surface area contributed by atoms with Crippen molar-refractivity contribution in [2.75, 3.05) is 18.0 Å². The Bertz CT molecular complexity index is 808. The van der Waals surface area contributed by atoms with Crippen molar-refractivity contribution in [2.24, 2.45) is 5.92 Å². The Kier molecular flexibility index (Phi) is 4.39. The summed E-state index contributed by atoms with van der Waals surface area (Å²) in [5.41, 5.74) is 3.11. The number of rotatable bonds is 4. The lowest BCUT2D eigenvalue weighted by molar-refractivity contribution is 0.148. The number of pyridine rings is 1. The van der Waals surface area contributed by atoms with E-state index in [0.29, 0.717) is 6.54 Å². The van der Waals surface area contributed by atoms with Crippen LogP contribution in [0.3, 0.4) is 0 Å². The van der Waals surface area contributed by atoms with E-state index in [1.165, 1.54) is 5.56 Å². The average molecular weight is 332 g/mol. The number of aromatic nitrogens is 3. The van der Waals surface area contributed by atoms with Crippen molar-refractivity contribution in [3.63, 3.8) is 0 Å². The Hall–Kier alpha value is -2.79. The van der Waals surface area contributed by atoms with Crippen LogP contribution in [0.25, 0.3) is 11.3 Å². The van der Waals surface area contributed by atoms with Gasteiger partial charge in [0.05, 0.1) is 11.8 Å². The van der Waals surface area contributed by atoms with Gasteiger partial charge in [0.25, 0.3) is 0 Å². The van der Waals surface area contributed by atoms with Gasteiger partial charge in [0.15, 0.2) is 5.82 Å². The van der Waals surface area contributed by atoms with Crippen LogP contribution in [0.15, 0.2) is 67.0 Å². The number of β-amino-alcohol motifs (C(OH)–C–C–N with tert-alkyl or cyclic N) is 1. The number of anilines is 1. The van der Waals surface area contributed by atoms with E-state index in [-0.39, 0.29) is 12.0 Å². The molecule has 126 valence electrons. The molecule has 0 radical (unpaired) electrons. The van der Waals surface area contributed by atoms with Gasteiger partial charge in [-0.05, 0) is 36.2 Å². The lowest BCUT2D eigenvalue weighted by Gasteiger charge is -2.16. The van der Waals surface area contributed by atoms with E-state index >= 15 is 0 Å². The third kappa shape index (κ3) is 3.51. The number of hydrogen-bond acceptors (Lipinski definition) is 5. The molecular formula is C20H20N4O. The molecular weight excluding hydrogens is 312 g/mol. The molecule has 3 aromatic rings. The SMILES string of the molecule is O[C@H]1CN(c2ccc(-c3ccccc3)nn2)C[C@H]1Cc1ccncc1. The van der Waals surface area contributed by atoms with E-state index in [0.717, 1.165) is 30.0 Å². The molecule has 2 atom stereocenters. The molecule has 1 N–H and O–H groups in total. The van der Waals surface area contributed by atoms with Crippen molar-refractivity contribution in [3.05, 3.63) is 72.6 Å². The van der Waals surface area contributed by atoms with Gasteiger partial charge in [0.2, 0.25) is 0 Å². The molecule has 0 bridgehead atoms. The van der Waals surface area contributed by atoms with E-state index in [1.807, 2.05) is 54.6 Å². The molecule has 0 unspecified atom stereocenters. The largest absolute Gasteiger partial charge is 0.391 e. The molecule has 0 aliphatic carbocycles. The zero-order valence-corrected chi connectivity index (χ0v) is 13.9. The molecule has 5 nitrogen and oxygen atoms in total. The number of nitrogens with zero attached hydrogens (tertiary/aromatic N) is 4. The van der Waals surface area contributed by atoms with E-state index in [4.69, 9.17) is 0 Å². The van der Waals surface area contributed by atoms with Crippen molar-refractivity contribution in [1.29, 1.82) is 0 Å². The fraction of sp³-hybridized carbons (Fsp3) is 0.250. The fourth-order valence-electron chi connectivity index (χ4n) is 3.32. The highest BCUT2D eigenvalue weighted by Gasteiger charge is 2.32. The van der Waals surface area contributed by atoms with E-state index in [9.17, 15) is 5.11 Å². The zero-order chi connectivity index (χ0) is 17.1. The van der Waals surface area contributed by atoms with E-state index in [1.54, 1.807) is 12.4 Å². The third-order valence-electron chi connectivity index (χ3n) is 4.70. The molecule has 1 aliphatic heterocycles. The molecule has 2 aromatic heterocycles. The molecule has 0 spiro atoms. The van der Waals surface area contributed by atoms with Crippen LogP contribution >= 0.6 is 0 Å². The fourth-order valence-corrected chi connectivity index (χ4v) is 3.32. The monoisotopic (exact) mass is 332 g/mol. The third-order valence-corrected chi connectivity index (χ3v) is 4.70. The van der Waals surface area contributed by atoms with Crippen LogP contribution in [0, 0.1) is 5.92 Å². The number of aliphatic hydroxyl groups excluding tert-OH is 1. The number of aliphatic hydroxyl groups is 1. The van der Waals surface area contributed by atoms with Gasteiger partial charge in [-0.3, -0.25) is 4.98 Å². The Morgan fingerprint density at radius 2 is 1.72 bits per heavy atom. The average Bonchev–Trinajstić information content (AvgIpc) is 3.04. The molecule has 1 saturated heterocycles. The summed E-state index contributed by atoms with van der Waals surface area (Å²) in [7, 11) is 0. The summed E-state index contributed by atoms with van der Waals surface area (Å²) in [6.07, 6.45) is 4.07. The lowest BCUT2D eigenvalue weighted by atomic mass is 9.97. The van der Waals surface area contributed by atoms with E-state index in [2.05, 4.69) is 20.1 Å². The molecule has 1 aromatic carbocycles. The second-order valence-corrected chi connectivity index (χ2v) is 6.43. The van der Waals surface area contributed by atoms with Gasteiger partial charge < -0.3 is 10.0 Å². The summed E-state index contributed by atoms with van der Waals surface area (Å²) >= 11 is 0. The minimum absolute atomic E-state index is 0.193. The smallest absolute Gasteiger partial charge is 0.151 e. The van der Waals surface area contributed by atoms with Crippen molar-refractivity contribution >= 4 is 5.82 Å². The number of hydrogen-bond donors (Lipinski definition) is 1. The van der Waals surface area contributed by atoms with Crippen LogP contribution in [-0.4, -0.2) is 39.5 Å². The standard InChI is InChI=1S/C20H20N4O/c25-19-14-24(13-17(19)12-15-8-10-21-11-9-15)20-7-6-18(22-23-20)16-4-2-1-3-5-16/h1-11,17,19,25H,12-14H2/t17-,19+/m1/s1. The predicted octanol–water partition coefficient (Wildman–Crippen LogP) is 2.58. The van der Waals surface area contributed by atoms with Crippen LogP contribution in [0.5, 0.6) is 0 Å². The first-order valence-corrected chi connectivity index (χ1v) is 8.50. The van der Waals surface area contributed by atoms with Crippen LogP contribution in [0.1, 0.15) is 5.56 Å². The highest BCUT2D eigenvalue weighted by atomic mass is 16.3. The maximum Gasteiger partial charge on any atom is 0.151 e. The first-order valence-electron chi connectivity index (χ1n) is 8.50. The maximum atomic E-state index is 10.4. The van der Waals surface area contributed by atoms with Crippen LogP contribution in [-0.2, 0) is 6.42 Å². The van der Waals surface area contributed by atoms with Gasteiger partial charge in [-0.15, -0.1) is 10.2 Å². The Morgan fingerprint density at radius 3 is 2.44 bits per heavy atom. The molecule has 25 heavy (non-hydrogen) atoms. The van der Waals surface area contributed by atoms with Gasteiger partial charge in [-0.25, -0.2) is 0 Å². The van der Waals surface area contributed by atoms with Crippen molar-refractivity contribution < 1.29 is 5.11 Å². The summed E-state index contributed by atoms with van der Waals surface area (Å²) < 4.78 is 0. The second-order valence-electron chi connectivity index (χ2n) is 6.43. The Morgan fingerprint density at radius 1 is 0.920 bits per heavy atom. The summed E-state index contributed by atoms with van der Waals surface area (Å²) in [5.74, 6) is 1.01. The van der Waals surface area contributed by atoms with Gasteiger partial charge in [0, 0.05) is 37.0 Å². The predicted molar refractivity (Wildman–Crippen MR) is 97.1 cm³/mol. The minimum atomic E-state index is -0.358. The zero-order valence-electron chi connectivity index (χ0n) is 13.9. The maximum absolute atomic E-state index is 10.4. The highest BCUT2D eigenvalue weighted by molar-refractivity contribution is 5.59. The first kappa shape index (κ1) is 15.7. The normalized spacial score (nSPS) is 20.0. The second kappa shape index (κ2) is 6.99. The molecule has 1 fully saturated rings. The summed E-state index contributed by atoms with van der Waals surface area (Å²) in [6, 6.07) is 18.0. The minimum Gasteiger partial charge on any atom is -0.391 e. The van der Waals surface area contributed by atoms with Gasteiger partial charge in [0.1, 0.15) is 0 Å². The molecule has 4 rings (SSSR count). The summed E-state index contributed by atoms with van der Waals surface area (Å²) in [6.45, 7) is 1.37. The van der Waals surface area contributed by atoms with Crippen LogP contribution in [0.2, 0.25) is 0 Å². The lowest BCUT2D eigenvalue weighted by Crippen LogP contribution is -2.22. The molecule has 1 aliphatic rings. The molecule has 3 heterocycles. The molecule has 5 heteroatoms. The first-order chi connectivity index (χ1) is 12.3. The van der Waals surface area contributed by atoms with Crippen molar-refractivity contribution in [3.8, 4) is 11.3 Å². The summed E-state index contributed by atoms with van der Waals surface area (Å²) in [5, 5.41) is 19.1. The topological polar surface area (TPSA) is 62.1 Å². The highest BCUT2D eigenvalue weighted by Crippen LogP contribution is 2.26. The Balaban J connectivity index is 1.46. The van der Waals surface area contributed by atoms with Crippen molar-refractivity contribution in [1.82, 2.24) is 15.2 Å².